The van der Waals surface area contributed by atoms with Crippen molar-refractivity contribution in [2.45, 2.75) is 52.4 Å². The van der Waals surface area contributed by atoms with Gasteiger partial charge in [-0.15, -0.1) is 0 Å². The fourth-order valence-electron chi connectivity index (χ4n) is 4.04. The molecule has 2 aliphatic rings. The van der Waals surface area contributed by atoms with Gasteiger partial charge in [0.05, 0.1) is 17.7 Å². The number of hydrogen-bond donors (Lipinski definition) is 0. The zero-order valence-corrected chi connectivity index (χ0v) is 15.2. The number of nitrogens with zero attached hydrogens (tertiary/aromatic N) is 4. The van der Waals surface area contributed by atoms with Gasteiger partial charge in [0.2, 0.25) is 0 Å². The summed E-state index contributed by atoms with van der Waals surface area (Å²) >= 11 is 0. The second-order valence-electron chi connectivity index (χ2n) is 6.79. The Kier molecular flexibility index (Phi) is 4.80. The van der Waals surface area contributed by atoms with Gasteiger partial charge < -0.3 is 0 Å². The van der Waals surface area contributed by atoms with Crippen LogP contribution in [0.15, 0.2) is 6.20 Å². The highest BCUT2D eigenvalue weighted by Gasteiger charge is 2.46. The van der Waals surface area contributed by atoms with Crippen LogP contribution >= 0.6 is 0 Å². The lowest BCUT2D eigenvalue weighted by Gasteiger charge is -2.43. The standard InChI is InChI=1S/C16H28N4O2S/c1-4-6-18-7-8-19(16-12-23(21,22)11-15(16)18)10-14-9-17-20(5-2)13(14)3/h9,15-16H,4-8,10-12H2,1-3H3. The third kappa shape index (κ3) is 3.32. The van der Waals surface area contributed by atoms with Gasteiger partial charge in [-0.2, -0.15) is 5.10 Å². The van der Waals surface area contributed by atoms with Crippen LogP contribution in [0.2, 0.25) is 0 Å². The number of hydrogen-bond acceptors (Lipinski definition) is 5. The molecule has 0 aliphatic carbocycles. The lowest BCUT2D eigenvalue weighted by Crippen LogP contribution is -2.58. The summed E-state index contributed by atoms with van der Waals surface area (Å²) in [6, 6.07) is 0.292. The van der Waals surface area contributed by atoms with Gasteiger partial charge in [0.25, 0.3) is 0 Å². The van der Waals surface area contributed by atoms with E-state index in [1.807, 2.05) is 10.9 Å². The van der Waals surface area contributed by atoms with Crippen LogP contribution in [0.25, 0.3) is 0 Å². The van der Waals surface area contributed by atoms with Crippen molar-refractivity contribution in [1.29, 1.82) is 0 Å². The topological polar surface area (TPSA) is 58.4 Å². The quantitative estimate of drug-likeness (QED) is 0.797. The van der Waals surface area contributed by atoms with E-state index < -0.39 is 9.84 Å². The maximum Gasteiger partial charge on any atom is 0.153 e. The first kappa shape index (κ1) is 16.9. The van der Waals surface area contributed by atoms with Gasteiger partial charge in [-0.1, -0.05) is 6.92 Å². The van der Waals surface area contributed by atoms with E-state index in [1.54, 1.807) is 0 Å². The highest BCUT2D eigenvalue weighted by Crippen LogP contribution is 2.28. The molecule has 1 aromatic heterocycles. The van der Waals surface area contributed by atoms with Gasteiger partial charge in [-0.25, -0.2) is 8.42 Å². The van der Waals surface area contributed by atoms with Crippen LogP contribution < -0.4 is 0 Å². The molecule has 130 valence electrons. The van der Waals surface area contributed by atoms with Crippen molar-refractivity contribution in [3.05, 3.63) is 17.5 Å². The van der Waals surface area contributed by atoms with Crippen LogP contribution in [0.3, 0.4) is 0 Å². The average Bonchev–Trinajstić information content (AvgIpc) is 3.01. The highest BCUT2D eigenvalue weighted by atomic mass is 32.2. The van der Waals surface area contributed by atoms with Gasteiger partial charge in [0.1, 0.15) is 0 Å². The first-order valence-electron chi connectivity index (χ1n) is 8.65. The minimum Gasteiger partial charge on any atom is -0.297 e. The molecule has 2 aliphatic heterocycles. The predicted octanol–water partition coefficient (Wildman–Crippen LogP) is 0.905. The summed E-state index contributed by atoms with van der Waals surface area (Å²) in [5.74, 6) is 0.625. The number of sulfone groups is 1. The molecule has 0 saturated carbocycles. The molecule has 3 heterocycles. The molecule has 0 aromatic carbocycles. The fraction of sp³-hybridized carbons (Fsp3) is 0.812. The van der Waals surface area contributed by atoms with E-state index in [2.05, 4.69) is 35.7 Å². The smallest absolute Gasteiger partial charge is 0.153 e. The summed E-state index contributed by atoms with van der Waals surface area (Å²) in [4.78, 5) is 4.75. The Balaban J connectivity index is 1.79. The predicted molar refractivity (Wildman–Crippen MR) is 91.1 cm³/mol. The molecule has 0 N–H and O–H groups in total. The normalized spacial score (nSPS) is 28.1. The number of piperazine rings is 1. The van der Waals surface area contributed by atoms with E-state index in [-0.39, 0.29) is 12.1 Å². The molecular weight excluding hydrogens is 312 g/mol. The second-order valence-corrected chi connectivity index (χ2v) is 8.94. The van der Waals surface area contributed by atoms with Crippen molar-refractivity contribution in [3.63, 3.8) is 0 Å². The van der Waals surface area contributed by atoms with Crippen molar-refractivity contribution in [2.75, 3.05) is 31.1 Å². The number of aryl methyl sites for hydroxylation is 1. The molecule has 23 heavy (non-hydrogen) atoms. The van der Waals surface area contributed by atoms with Crippen LogP contribution in [0.1, 0.15) is 31.5 Å². The molecule has 2 atom stereocenters. The lowest BCUT2D eigenvalue weighted by atomic mass is 10.0. The van der Waals surface area contributed by atoms with Crippen molar-refractivity contribution < 1.29 is 8.42 Å². The zero-order valence-electron chi connectivity index (χ0n) is 14.4. The van der Waals surface area contributed by atoms with E-state index in [0.29, 0.717) is 11.5 Å². The summed E-state index contributed by atoms with van der Waals surface area (Å²) in [6.07, 6.45) is 3.02. The second kappa shape index (κ2) is 6.53. The summed E-state index contributed by atoms with van der Waals surface area (Å²) < 4.78 is 26.4. The van der Waals surface area contributed by atoms with E-state index in [1.165, 1.54) is 11.3 Å². The Bertz CT molecular complexity index is 655. The minimum absolute atomic E-state index is 0.129. The Morgan fingerprint density at radius 2 is 1.83 bits per heavy atom. The summed E-state index contributed by atoms with van der Waals surface area (Å²) in [5.41, 5.74) is 2.42. The zero-order chi connectivity index (χ0) is 16.6. The maximum absolute atomic E-state index is 12.2. The van der Waals surface area contributed by atoms with E-state index in [9.17, 15) is 8.42 Å². The molecule has 1 aromatic rings. The molecule has 0 radical (unpaired) electrons. The van der Waals surface area contributed by atoms with Crippen LogP contribution in [0.5, 0.6) is 0 Å². The van der Waals surface area contributed by atoms with Gasteiger partial charge >= 0.3 is 0 Å². The number of aromatic nitrogens is 2. The molecule has 2 fully saturated rings. The Morgan fingerprint density at radius 3 is 2.43 bits per heavy atom. The van der Waals surface area contributed by atoms with Crippen LogP contribution in [-0.2, 0) is 22.9 Å². The number of rotatable bonds is 5. The molecule has 3 rings (SSSR count). The average molecular weight is 340 g/mol. The Labute approximate surface area is 139 Å². The monoisotopic (exact) mass is 340 g/mol. The van der Waals surface area contributed by atoms with Gasteiger partial charge in [0, 0.05) is 49.5 Å². The van der Waals surface area contributed by atoms with Gasteiger partial charge in [-0.05, 0) is 26.8 Å². The third-order valence-corrected chi connectivity index (χ3v) is 6.99. The molecule has 7 heteroatoms. The third-order valence-electron chi connectivity index (χ3n) is 5.29. The fourth-order valence-corrected chi connectivity index (χ4v) is 6.08. The van der Waals surface area contributed by atoms with E-state index in [4.69, 9.17) is 0 Å². The maximum atomic E-state index is 12.2. The van der Waals surface area contributed by atoms with E-state index >= 15 is 0 Å². The Hall–Kier alpha value is -0.920. The van der Waals surface area contributed by atoms with Crippen molar-refractivity contribution in [2.24, 2.45) is 0 Å². The van der Waals surface area contributed by atoms with Gasteiger partial charge in [-0.3, -0.25) is 14.5 Å². The molecular formula is C16H28N4O2S. The number of fused-ring (bicyclic) bond motifs is 1. The lowest BCUT2D eigenvalue weighted by molar-refractivity contribution is 0.0404. The van der Waals surface area contributed by atoms with Crippen molar-refractivity contribution in [1.82, 2.24) is 19.6 Å². The van der Waals surface area contributed by atoms with Crippen LogP contribution in [-0.4, -0.2) is 71.2 Å². The van der Waals surface area contributed by atoms with Gasteiger partial charge in [0.15, 0.2) is 9.84 Å². The molecule has 0 spiro atoms. The minimum atomic E-state index is -2.92. The first-order chi connectivity index (χ1) is 10.9. The summed E-state index contributed by atoms with van der Waals surface area (Å²) in [6.45, 7) is 10.9. The largest absolute Gasteiger partial charge is 0.297 e. The summed E-state index contributed by atoms with van der Waals surface area (Å²) in [7, 11) is -2.92. The highest BCUT2D eigenvalue weighted by molar-refractivity contribution is 7.91. The van der Waals surface area contributed by atoms with Crippen LogP contribution in [0, 0.1) is 6.92 Å². The molecule has 0 bridgehead atoms. The molecule has 2 unspecified atom stereocenters. The molecule has 0 amide bonds. The SMILES string of the molecule is CCCN1CCN(Cc2cnn(CC)c2C)C2CS(=O)(=O)CC21. The van der Waals surface area contributed by atoms with Crippen molar-refractivity contribution >= 4 is 9.84 Å². The first-order valence-corrected chi connectivity index (χ1v) is 10.5. The van der Waals surface area contributed by atoms with E-state index in [0.717, 1.165) is 39.1 Å². The summed E-state index contributed by atoms with van der Waals surface area (Å²) in [5, 5.41) is 4.42. The van der Waals surface area contributed by atoms with Crippen LogP contribution in [0.4, 0.5) is 0 Å². The molecule has 6 nitrogen and oxygen atoms in total. The molecule has 2 saturated heterocycles. The Morgan fingerprint density at radius 1 is 1.17 bits per heavy atom. The van der Waals surface area contributed by atoms with Crippen molar-refractivity contribution in [3.8, 4) is 0 Å².